The van der Waals surface area contributed by atoms with Crippen LogP contribution in [0.15, 0.2) is 0 Å². The van der Waals surface area contributed by atoms with Gasteiger partial charge >= 0.3 is 0 Å². The summed E-state index contributed by atoms with van der Waals surface area (Å²) in [5.74, 6) is 0.638. The zero-order valence-electron chi connectivity index (χ0n) is 10.5. The highest BCUT2D eigenvalue weighted by molar-refractivity contribution is 7.91. The molecule has 1 atom stereocenters. The Kier molecular flexibility index (Phi) is 4.76. The van der Waals surface area contributed by atoms with Crippen LogP contribution in [0.1, 0.15) is 26.7 Å². The number of methoxy groups -OCH3 is 1. The van der Waals surface area contributed by atoms with E-state index in [1.165, 1.54) is 0 Å². The monoisotopic (exact) mass is 249 g/mol. The first-order chi connectivity index (χ1) is 7.39. The van der Waals surface area contributed by atoms with E-state index in [0.717, 1.165) is 19.4 Å². The third-order valence-electron chi connectivity index (χ3n) is 3.19. The van der Waals surface area contributed by atoms with Crippen LogP contribution >= 0.6 is 0 Å². The third-order valence-corrected chi connectivity index (χ3v) is 5.07. The van der Waals surface area contributed by atoms with Crippen LogP contribution in [-0.4, -0.2) is 46.2 Å². The second kappa shape index (κ2) is 5.47. The summed E-state index contributed by atoms with van der Waals surface area (Å²) < 4.78 is 28.3. The van der Waals surface area contributed by atoms with Gasteiger partial charge in [0.15, 0.2) is 9.84 Å². The number of ether oxygens (including phenoxy) is 1. The Morgan fingerprint density at radius 3 is 2.56 bits per heavy atom. The Labute approximate surface area is 98.7 Å². The Morgan fingerprint density at radius 2 is 2.12 bits per heavy atom. The van der Waals surface area contributed by atoms with Gasteiger partial charge in [-0.3, -0.25) is 0 Å². The molecule has 0 amide bonds. The summed E-state index contributed by atoms with van der Waals surface area (Å²) in [6.45, 7) is 5.56. The van der Waals surface area contributed by atoms with Gasteiger partial charge in [0.05, 0.1) is 11.5 Å². The van der Waals surface area contributed by atoms with E-state index >= 15 is 0 Å². The normalized spacial score (nSPS) is 28.8. The van der Waals surface area contributed by atoms with Crippen molar-refractivity contribution >= 4 is 9.84 Å². The Bertz CT molecular complexity index is 313. The van der Waals surface area contributed by atoms with E-state index < -0.39 is 9.84 Å². The molecule has 0 radical (unpaired) electrons. The molecule has 0 bridgehead atoms. The van der Waals surface area contributed by atoms with Gasteiger partial charge in [-0.2, -0.15) is 0 Å². The molecular formula is C11H23NO3S. The van der Waals surface area contributed by atoms with Crippen LogP contribution in [0.2, 0.25) is 0 Å². The lowest BCUT2D eigenvalue weighted by Crippen LogP contribution is -2.39. The average molecular weight is 249 g/mol. The highest BCUT2D eigenvalue weighted by atomic mass is 32.2. The molecule has 1 saturated heterocycles. The summed E-state index contributed by atoms with van der Waals surface area (Å²) in [5.41, 5.74) is -0.112. The Morgan fingerprint density at radius 1 is 1.44 bits per heavy atom. The molecule has 0 aromatic rings. The first-order valence-electron chi connectivity index (χ1n) is 5.82. The van der Waals surface area contributed by atoms with Gasteiger partial charge in [-0.1, -0.05) is 13.8 Å². The van der Waals surface area contributed by atoms with E-state index in [1.807, 2.05) is 0 Å². The quantitative estimate of drug-likeness (QED) is 0.757. The highest BCUT2D eigenvalue weighted by Gasteiger charge is 2.41. The zero-order valence-corrected chi connectivity index (χ0v) is 11.3. The van der Waals surface area contributed by atoms with E-state index in [0.29, 0.717) is 24.2 Å². The van der Waals surface area contributed by atoms with Crippen molar-refractivity contribution in [3.05, 3.63) is 0 Å². The molecule has 1 aliphatic heterocycles. The molecule has 1 rings (SSSR count). The number of hydrogen-bond acceptors (Lipinski definition) is 4. The fourth-order valence-electron chi connectivity index (χ4n) is 2.15. The van der Waals surface area contributed by atoms with Crippen LogP contribution < -0.4 is 5.32 Å². The van der Waals surface area contributed by atoms with Crippen LogP contribution in [0.5, 0.6) is 0 Å². The van der Waals surface area contributed by atoms with Crippen LogP contribution in [0.25, 0.3) is 0 Å². The molecule has 1 fully saturated rings. The van der Waals surface area contributed by atoms with Gasteiger partial charge in [0.2, 0.25) is 0 Å². The largest absolute Gasteiger partial charge is 0.385 e. The Balaban J connectivity index is 2.63. The molecule has 1 unspecified atom stereocenters. The SMILES string of the molecule is COCCC1(CNC(C)C)CCS(=O)(=O)C1. The maximum Gasteiger partial charge on any atom is 0.150 e. The van der Waals surface area contributed by atoms with Crippen molar-refractivity contribution in [2.75, 3.05) is 31.8 Å². The standard InChI is InChI=1S/C11H23NO3S/c1-10(2)12-8-11(4-6-15-3)5-7-16(13,14)9-11/h10,12H,4-9H2,1-3H3. The van der Waals surface area contributed by atoms with Crippen molar-refractivity contribution in [3.63, 3.8) is 0 Å². The number of hydrogen-bond donors (Lipinski definition) is 1. The van der Waals surface area contributed by atoms with Crippen molar-refractivity contribution in [2.24, 2.45) is 5.41 Å². The van der Waals surface area contributed by atoms with Crippen LogP contribution in [0, 0.1) is 5.41 Å². The minimum atomic E-state index is -2.83. The van der Waals surface area contributed by atoms with Gasteiger partial charge in [-0.25, -0.2) is 8.42 Å². The summed E-state index contributed by atoms with van der Waals surface area (Å²) >= 11 is 0. The average Bonchev–Trinajstić information content (AvgIpc) is 2.50. The predicted molar refractivity (Wildman–Crippen MR) is 65.3 cm³/mol. The predicted octanol–water partition coefficient (Wildman–Crippen LogP) is 0.826. The maximum atomic E-state index is 11.6. The molecule has 1 N–H and O–H groups in total. The number of nitrogens with one attached hydrogen (secondary N) is 1. The van der Waals surface area contributed by atoms with E-state index in [-0.39, 0.29) is 5.41 Å². The zero-order chi connectivity index (χ0) is 12.2. The van der Waals surface area contributed by atoms with Gasteiger partial charge in [0.25, 0.3) is 0 Å². The number of rotatable bonds is 6. The van der Waals surface area contributed by atoms with Crippen LogP contribution in [-0.2, 0) is 14.6 Å². The maximum absolute atomic E-state index is 11.6. The minimum Gasteiger partial charge on any atom is -0.385 e. The molecule has 96 valence electrons. The van der Waals surface area contributed by atoms with Crippen LogP contribution in [0.3, 0.4) is 0 Å². The Hall–Kier alpha value is -0.130. The molecule has 1 aliphatic rings. The van der Waals surface area contributed by atoms with Crippen molar-refractivity contribution in [1.82, 2.24) is 5.32 Å². The molecule has 1 heterocycles. The van der Waals surface area contributed by atoms with E-state index in [9.17, 15) is 8.42 Å². The number of sulfone groups is 1. The summed E-state index contributed by atoms with van der Waals surface area (Å²) in [4.78, 5) is 0. The molecule has 16 heavy (non-hydrogen) atoms. The van der Waals surface area contributed by atoms with Gasteiger partial charge in [-0.05, 0) is 18.3 Å². The minimum absolute atomic E-state index is 0.112. The highest BCUT2D eigenvalue weighted by Crippen LogP contribution is 2.35. The van der Waals surface area contributed by atoms with E-state index in [1.54, 1.807) is 7.11 Å². The summed E-state index contributed by atoms with van der Waals surface area (Å²) in [6.07, 6.45) is 1.58. The first-order valence-corrected chi connectivity index (χ1v) is 7.64. The fraction of sp³-hybridized carbons (Fsp3) is 1.00. The van der Waals surface area contributed by atoms with Crippen molar-refractivity contribution in [2.45, 2.75) is 32.7 Å². The van der Waals surface area contributed by atoms with Crippen molar-refractivity contribution in [3.8, 4) is 0 Å². The third kappa shape index (κ3) is 4.03. The van der Waals surface area contributed by atoms with Crippen LogP contribution in [0.4, 0.5) is 0 Å². The summed E-state index contributed by atoms with van der Waals surface area (Å²) in [6, 6.07) is 0.391. The molecule has 0 saturated carbocycles. The molecule has 0 spiro atoms. The molecule has 5 heteroatoms. The molecule has 4 nitrogen and oxygen atoms in total. The topological polar surface area (TPSA) is 55.4 Å². The molecule has 0 aliphatic carbocycles. The molecular weight excluding hydrogens is 226 g/mol. The summed E-state index contributed by atoms with van der Waals surface area (Å²) in [5, 5.41) is 3.35. The van der Waals surface area contributed by atoms with Crippen molar-refractivity contribution < 1.29 is 13.2 Å². The van der Waals surface area contributed by atoms with Gasteiger partial charge in [0, 0.05) is 26.3 Å². The molecule has 0 aromatic heterocycles. The van der Waals surface area contributed by atoms with E-state index in [2.05, 4.69) is 19.2 Å². The van der Waals surface area contributed by atoms with Gasteiger partial charge < -0.3 is 10.1 Å². The van der Waals surface area contributed by atoms with Gasteiger partial charge in [0.1, 0.15) is 0 Å². The first kappa shape index (κ1) is 13.9. The van der Waals surface area contributed by atoms with Crippen molar-refractivity contribution in [1.29, 1.82) is 0 Å². The lowest BCUT2D eigenvalue weighted by Gasteiger charge is -2.28. The lowest BCUT2D eigenvalue weighted by molar-refractivity contribution is 0.144. The van der Waals surface area contributed by atoms with E-state index in [4.69, 9.17) is 4.74 Å². The molecule has 0 aromatic carbocycles. The summed E-state index contributed by atoms with van der Waals surface area (Å²) in [7, 11) is -1.17. The smallest absolute Gasteiger partial charge is 0.150 e. The fourth-order valence-corrected chi connectivity index (χ4v) is 4.36. The second-order valence-corrected chi connectivity index (χ2v) is 7.30. The van der Waals surface area contributed by atoms with Gasteiger partial charge in [-0.15, -0.1) is 0 Å². The lowest BCUT2D eigenvalue weighted by atomic mass is 9.84. The second-order valence-electron chi connectivity index (χ2n) is 5.12.